The van der Waals surface area contributed by atoms with Gasteiger partial charge in [0.2, 0.25) is 5.82 Å². The molecular weight excluding hydrogens is 263 g/mol. The fourth-order valence-electron chi connectivity index (χ4n) is 1.78. The molecule has 1 heterocycles. The van der Waals surface area contributed by atoms with Crippen LogP contribution in [0.3, 0.4) is 0 Å². The number of aromatic carboxylic acids is 1. The molecule has 1 N–H and O–H groups in total. The number of fused-ring (bicyclic) bond motifs is 1. The molecule has 5 nitrogen and oxygen atoms in total. The van der Waals surface area contributed by atoms with E-state index in [1.807, 2.05) is 0 Å². The zero-order valence-corrected chi connectivity index (χ0v) is 10.1. The molecule has 0 aliphatic carbocycles. The van der Waals surface area contributed by atoms with Gasteiger partial charge in [0, 0.05) is 14.1 Å². The van der Waals surface area contributed by atoms with Gasteiger partial charge in [-0.3, -0.25) is 0 Å². The minimum Gasteiger partial charge on any atom is -0.478 e. The van der Waals surface area contributed by atoms with Crippen LogP contribution in [0, 0.1) is 0 Å². The molecule has 19 heavy (non-hydrogen) atoms. The number of rotatable bonds is 2. The Bertz CT molecular complexity index is 646. The summed E-state index contributed by atoms with van der Waals surface area (Å²) in [7, 11) is 2.84. The molecule has 2 aromatic rings. The summed E-state index contributed by atoms with van der Waals surface area (Å²) in [4.78, 5) is 14.4. The number of nitrogens with zero attached hydrogens (tertiary/aromatic N) is 3. The van der Waals surface area contributed by atoms with E-state index in [9.17, 15) is 18.0 Å². The molecule has 0 aliphatic heterocycles. The summed E-state index contributed by atoms with van der Waals surface area (Å²) < 4.78 is 39.5. The molecule has 0 saturated heterocycles. The van der Waals surface area contributed by atoms with Gasteiger partial charge < -0.3 is 10.1 Å². The molecule has 0 spiro atoms. The van der Waals surface area contributed by atoms with E-state index in [4.69, 9.17) is 5.11 Å². The van der Waals surface area contributed by atoms with Crippen molar-refractivity contribution in [1.82, 2.24) is 9.66 Å². The fourth-order valence-corrected chi connectivity index (χ4v) is 1.78. The highest BCUT2D eigenvalue weighted by Crippen LogP contribution is 2.31. The Kier molecular flexibility index (Phi) is 2.88. The van der Waals surface area contributed by atoms with Crippen LogP contribution in [-0.4, -0.2) is 34.8 Å². The molecule has 0 bridgehead atoms. The molecule has 0 amide bonds. The van der Waals surface area contributed by atoms with Gasteiger partial charge >= 0.3 is 12.1 Å². The molecule has 0 atom stereocenters. The highest BCUT2D eigenvalue weighted by atomic mass is 19.4. The lowest BCUT2D eigenvalue weighted by Crippen LogP contribution is -2.30. The Hall–Kier alpha value is -2.25. The first-order valence-electron chi connectivity index (χ1n) is 5.22. The third-order valence-electron chi connectivity index (χ3n) is 2.53. The molecular formula is C11H10F3N3O2. The lowest BCUT2D eigenvalue weighted by molar-refractivity contribution is -0.146. The predicted octanol–water partition coefficient (Wildman–Crippen LogP) is 1.95. The Labute approximate surface area is 105 Å². The minimum atomic E-state index is -4.62. The van der Waals surface area contributed by atoms with Crippen LogP contribution in [0.4, 0.5) is 13.2 Å². The van der Waals surface area contributed by atoms with Gasteiger partial charge in [-0.05, 0) is 18.2 Å². The van der Waals surface area contributed by atoms with Gasteiger partial charge in [-0.15, -0.1) is 0 Å². The number of imidazole rings is 1. The van der Waals surface area contributed by atoms with Gasteiger partial charge in [-0.25, -0.2) is 14.5 Å². The largest absolute Gasteiger partial charge is 0.478 e. The lowest BCUT2D eigenvalue weighted by atomic mass is 10.2. The van der Waals surface area contributed by atoms with Gasteiger partial charge in [0.15, 0.2) is 0 Å². The number of carbonyl (C=O) groups is 1. The number of carboxylic acid groups (broad SMARTS) is 1. The van der Waals surface area contributed by atoms with E-state index in [-0.39, 0.29) is 16.6 Å². The normalized spacial score (nSPS) is 11.8. The van der Waals surface area contributed by atoms with E-state index in [1.54, 1.807) is 0 Å². The van der Waals surface area contributed by atoms with E-state index in [1.165, 1.54) is 37.3 Å². The summed E-state index contributed by atoms with van der Waals surface area (Å²) >= 11 is 0. The van der Waals surface area contributed by atoms with E-state index in [0.29, 0.717) is 0 Å². The minimum absolute atomic E-state index is 0.0889. The number of benzene rings is 1. The lowest BCUT2D eigenvalue weighted by Gasteiger charge is -2.19. The first kappa shape index (κ1) is 13.2. The molecule has 0 aliphatic rings. The highest BCUT2D eigenvalue weighted by Gasteiger charge is 2.38. The van der Waals surface area contributed by atoms with Crippen molar-refractivity contribution in [2.45, 2.75) is 6.18 Å². The summed E-state index contributed by atoms with van der Waals surface area (Å²) in [6.45, 7) is 0. The highest BCUT2D eigenvalue weighted by molar-refractivity contribution is 5.92. The molecule has 2 rings (SSSR count). The van der Waals surface area contributed by atoms with Crippen molar-refractivity contribution >= 4 is 17.0 Å². The quantitative estimate of drug-likeness (QED) is 0.908. The Morgan fingerprint density at radius 2 is 2.00 bits per heavy atom. The third-order valence-corrected chi connectivity index (χ3v) is 2.53. The standard InChI is InChI=1S/C11H10F3N3O2/c1-16(2)17-8-5-6(9(18)19)3-4-7(8)15-10(17)11(12,13)14/h3-5H,1-2H3,(H,18,19). The van der Waals surface area contributed by atoms with Crippen LogP contribution < -0.4 is 5.01 Å². The van der Waals surface area contributed by atoms with Crippen molar-refractivity contribution in [1.29, 1.82) is 0 Å². The van der Waals surface area contributed by atoms with Gasteiger partial charge in [0.25, 0.3) is 0 Å². The maximum atomic E-state index is 12.9. The number of carboxylic acids is 1. The van der Waals surface area contributed by atoms with E-state index in [0.717, 1.165) is 4.68 Å². The van der Waals surface area contributed by atoms with E-state index < -0.39 is 18.0 Å². The summed E-state index contributed by atoms with van der Waals surface area (Å²) in [6.07, 6.45) is -4.62. The predicted molar refractivity (Wildman–Crippen MR) is 61.8 cm³/mol. The van der Waals surface area contributed by atoms with Crippen LogP contribution in [0.5, 0.6) is 0 Å². The molecule has 1 aromatic carbocycles. The second-order valence-electron chi connectivity index (χ2n) is 4.10. The van der Waals surface area contributed by atoms with Crippen LogP contribution in [0.25, 0.3) is 11.0 Å². The number of alkyl halides is 3. The maximum absolute atomic E-state index is 12.9. The molecule has 0 unspecified atom stereocenters. The summed E-state index contributed by atoms with van der Waals surface area (Å²) in [5.74, 6) is -2.29. The zero-order chi connectivity index (χ0) is 14.4. The van der Waals surface area contributed by atoms with E-state index in [2.05, 4.69) is 4.98 Å². The SMILES string of the molecule is CN(C)n1c(C(F)(F)F)nc2ccc(C(=O)O)cc21. The van der Waals surface area contributed by atoms with Crippen molar-refractivity contribution in [3.8, 4) is 0 Å². The van der Waals surface area contributed by atoms with Crippen LogP contribution in [-0.2, 0) is 6.18 Å². The summed E-state index contributed by atoms with van der Waals surface area (Å²) in [6, 6.07) is 3.64. The zero-order valence-electron chi connectivity index (χ0n) is 10.1. The Balaban J connectivity index is 2.80. The Morgan fingerprint density at radius 3 is 2.47 bits per heavy atom. The number of halogens is 3. The van der Waals surface area contributed by atoms with Crippen molar-refractivity contribution < 1.29 is 23.1 Å². The van der Waals surface area contributed by atoms with Gasteiger partial charge in [-0.2, -0.15) is 13.2 Å². The summed E-state index contributed by atoms with van der Waals surface area (Å²) in [5, 5.41) is 10.1. The molecule has 0 radical (unpaired) electrons. The Morgan fingerprint density at radius 1 is 1.37 bits per heavy atom. The number of hydrogen-bond acceptors (Lipinski definition) is 3. The van der Waals surface area contributed by atoms with Gasteiger partial charge in [0.05, 0.1) is 16.6 Å². The smallest absolute Gasteiger partial charge is 0.451 e. The summed E-state index contributed by atoms with van der Waals surface area (Å²) in [5.41, 5.74) is 0.0903. The second kappa shape index (κ2) is 4.15. The molecule has 8 heteroatoms. The molecule has 102 valence electrons. The van der Waals surface area contributed by atoms with Crippen molar-refractivity contribution in [2.75, 3.05) is 19.1 Å². The average molecular weight is 273 g/mol. The average Bonchev–Trinajstić information content (AvgIpc) is 2.66. The molecule has 1 aromatic heterocycles. The molecule has 0 fully saturated rings. The first-order valence-corrected chi connectivity index (χ1v) is 5.22. The number of hydrogen-bond donors (Lipinski definition) is 1. The monoisotopic (exact) mass is 273 g/mol. The maximum Gasteiger partial charge on any atom is 0.451 e. The van der Waals surface area contributed by atoms with Crippen LogP contribution in [0.1, 0.15) is 16.2 Å². The number of aromatic nitrogens is 2. The van der Waals surface area contributed by atoms with Crippen LogP contribution in [0.15, 0.2) is 18.2 Å². The van der Waals surface area contributed by atoms with Crippen molar-refractivity contribution in [3.05, 3.63) is 29.6 Å². The third kappa shape index (κ3) is 2.20. The van der Waals surface area contributed by atoms with Crippen molar-refractivity contribution in [3.63, 3.8) is 0 Å². The van der Waals surface area contributed by atoms with Crippen molar-refractivity contribution in [2.24, 2.45) is 0 Å². The van der Waals surface area contributed by atoms with Crippen LogP contribution >= 0.6 is 0 Å². The van der Waals surface area contributed by atoms with Gasteiger partial charge in [0.1, 0.15) is 0 Å². The van der Waals surface area contributed by atoms with E-state index >= 15 is 0 Å². The first-order chi connectivity index (χ1) is 8.71. The van der Waals surface area contributed by atoms with Gasteiger partial charge in [-0.1, -0.05) is 0 Å². The topological polar surface area (TPSA) is 58.4 Å². The van der Waals surface area contributed by atoms with Crippen LogP contribution in [0.2, 0.25) is 0 Å². The second-order valence-corrected chi connectivity index (χ2v) is 4.10. The fraction of sp³-hybridized carbons (Fsp3) is 0.273. The molecule has 0 saturated carbocycles.